The van der Waals surface area contributed by atoms with Crippen molar-refractivity contribution >= 4 is 38.9 Å². The molecular weight excluding hydrogens is 605 g/mol. The van der Waals surface area contributed by atoms with Gasteiger partial charge in [-0.15, -0.1) is 0 Å². The van der Waals surface area contributed by atoms with E-state index in [2.05, 4.69) is 216 Å². The summed E-state index contributed by atoms with van der Waals surface area (Å²) in [7, 11) is 0. The first-order valence-corrected chi connectivity index (χ1v) is 17.1. The molecule has 0 aliphatic carbocycles. The average molecular weight is 639 g/mol. The summed E-state index contributed by atoms with van der Waals surface area (Å²) < 4.78 is 2.39. The van der Waals surface area contributed by atoms with Gasteiger partial charge in [-0.2, -0.15) is 0 Å². The van der Waals surface area contributed by atoms with Gasteiger partial charge in [0.05, 0.1) is 22.4 Å². The van der Waals surface area contributed by atoms with E-state index in [1.54, 1.807) is 0 Å². The van der Waals surface area contributed by atoms with Crippen molar-refractivity contribution in [3.8, 4) is 39.1 Å². The van der Waals surface area contributed by atoms with Gasteiger partial charge in [-0.25, -0.2) is 0 Å². The van der Waals surface area contributed by atoms with E-state index >= 15 is 0 Å². The molecule has 0 N–H and O–H groups in total. The number of benzene rings is 8. The van der Waals surface area contributed by atoms with Crippen LogP contribution in [0, 0.1) is 0 Å². The lowest BCUT2D eigenvalue weighted by molar-refractivity contribution is 1.18. The molecule has 9 aromatic rings. The molecule has 236 valence electrons. The van der Waals surface area contributed by atoms with Crippen molar-refractivity contribution in [2.24, 2.45) is 0 Å². The third kappa shape index (κ3) is 5.15. The van der Waals surface area contributed by atoms with Gasteiger partial charge in [0.15, 0.2) is 0 Å². The summed E-state index contributed by atoms with van der Waals surface area (Å²) in [6, 6.07) is 74.0. The Bertz CT molecular complexity index is 2570. The van der Waals surface area contributed by atoms with E-state index in [-0.39, 0.29) is 0 Å². The molecule has 0 amide bonds. The highest BCUT2D eigenvalue weighted by Gasteiger charge is 2.23. The molecule has 0 atom stereocenters. The molecule has 9 rings (SSSR count). The first-order valence-electron chi connectivity index (χ1n) is 17.1. The zero-order valence-electron chi connectivity index (χ0n) is 27.5. The minimum absolute atomic E-state index is 1.10. The van der Waals surface area contributed by atoms with Gasteiger partial charge >= 0.3 is 0 Å². The third-order valence-electron chi connectivity index (χ3n) is 9.61. The molecule has 0 unspecified atom stereocenters. The number of hydrogen-bond acceptors (Lipinski definition) is 1. The molecule has 8 aromatic carbocycles. The van der Waals surface area contributed by atoms with Crippen LogP contribution in [0.25, 0.3) is 60.9 Å². The van der Waals surface area contributed by atoms with E-state index in [0.29, 0.717) is 0 Å². The molecule has 0 fully saturated rings. The van der Waals surface area contributed by atoms with Crippen LogP contribution >= 0.6 is 0 Å². The van der Waals surface area contributed by atoms with Crippen LogP contribution in [0.5, 0.6) is 0 Å². The fourth-order valence-electron chi connectivity index (χ4n) is 7.37. The normalized spacial score (nSPS) is 11.2. The van der Waals surface area contributed by atoms with Crippen LogP contribution in [0.4, 0.5) is 17.1 Å². The summed E-state index contributed by atoms with van der Waals surface area (Å²) in [6.07, 6.45) is 0. The van der Waals surface area contributed by atoms with Crippen LogP contribution in [0.2, 0.25) is 0 Å². The van der Waals surface area contributed by atoms with Gasteiger partial charge in [0.25, 0.3) is 0 Å². The SMILES string of the molecule is c1ccc(-c2ccccc2-c2ccc(N(c3ccccc3-c3ccccc3)c3cccc4c3c3ccccc3n4-c3ccccc3)cc2)cc1. The van der Waals surface area contributed by atoms with Crippen LogP contribution in [-0.4, -0.2) is 4.57 Å². The molecule has 1 heterocycles. The van der Waals surface area contributed by atoms with Gasteiger partial charge in [-0.3, -0.25) is 0 Å². The van der Waals surface area contributed by atoms with Crippen molar-refractivity contribution in [1.82, 2.24) is 4.57 Å². The maximum atomic E-state index is 2.44. The summed E-state index contributed by atoms with van der Waals surface area (Å²) >= 11 is 0. The predicted octanol–water partition coefficient (Wildman–Crippen LogP) is 13.3. The highest BCUT2D eigenvalue weighted by atomic mass is 15.1. The molecule has 0 bridgehead atoms. The quantitative estimate of drug-likeness (QED) is 0.169. The van der Waals surface area contributed by atoms with Crippen LogP contribution in [0.15, 0.2) is 206 Å². The maximum Gasteiger partial charge on any atom is 0.0562 e. The Balaban J connectivity index is 1.29. The average Bonchev–Trinajstić information content (AvgIpc) is 3.55. The molecule has 0 saturated carbocycles. The second kappa shape index (κ2) is 12.8. The molecule has 0 aliphatic rings. The highest BCUT2D eigenvalue weighted by Crippen LogP contribution is 2.46. The number of fused-ring (bicyclic) bond motifs is 3. The summed E-state index contributed by atoms with van der Waals surface area (Å²) in [6.45, 7) is 0. The molecule has 1 aromatic heterocycles. The second-order valence-electron chi connectivity index (χ2n) is 12.5. The fraction of sp³-hybridized carbons (Fsp3) is 0. The van der Waals surface area contributed by atoms with E-state index in [4.69, 9.17) is 0 Å². The monoisotopic (exact) mass is 638 g/mol. The predicted molar refractivity (Wildman–Crippen MR) is 212 cm³/mol. The minimum Gasteiger partial charge on any atom is -0.309 e. The number of hydrogen-bond donors (Lipinski definition) is 0. The minimum atomic E-state index is 1.10. The van der Waals surface area contributed by atoms with Gasteiger partial charge in [0, 0.05) is 27.7 Å². The van der Waals surface area contributed by atoms with E-state index in [9.17, 15) is 0 Å². The van der Waals surface area contributed by atoms with Crippen molar-refractivity contribution in [1.29, 1.82) is 0 Å². The number of nitrogens with zero attached hydrogens (tertiary/aromatic N) is 2. The largest absolute Gasteiger partial charge is 0.309 e. The topological polar surface area (TPSA) is 8.17 Å². The van der Waals surface area contributed by atoms with Gasteiger partial charge in [0.1, 0.15) is 0 Å². The molecule has 0 saturated heterocycles. The standard InChI is InChI=1S/C48H34N2/c1-4-17-35(18-5-1)40-23-10-11-24-41(40)37-31-33-39(34-32-37)50(44-27-14-12-25-42(44)36-19-6-2-7-20-36)47-30-16-29-46-48(47)43-26-13-15-28-45(43)49(46)38-21-8-3-9-22-38/h1-34H. The van der Waals surface area contributed by atoms with Crippen LogP contribution in [-0.2, 0) is 0 Å². The highest BCUT2D eigenvalue weighted by molar-refractivity contribution is 6.17. The Morgan fingerprint density at radius 2 is 0.800 bits per heavy atom. The van der Waals surface area contributed by atoms with Gasteiger partial charge < -0.3 is 9.47 Å². The fourth-order valence-corrected chi connectivity index (χ4v) is 7.37. The van der Waals surface area contributed by atoms with E-state index in [1.807, 2.05) is 0 Å². The molecule has 0 radical (unpaired) electrons. The number of para-hydroxylation sites is 3. The van der Waals surface area contributed by atoms with Crippen molar-refractivity contribution in [3.05, 3.63) is 206 Å². The smallest absolute Gasteiger partial charge is 0.0562 e. The Labute approximate surface area is 292 Å². The lowest BCUT2D eigenvalue weighted by Crippen LogP contribution is -2.11. The summed E-state index contributed by atoms with van der Waals surface area (Å²) in [4.78, 5) is 2.44. The lowest BCUT2D eigenvalue weighted by atomic mass is 9.94. The zero-order chi connectivity index (χ0) is 33.3. The van der Waals surface area contributed by atoms with E-state index < -0.39 is 0 Å². The van der Waals surface area contributed by atoms with Crippen LogP contribution < -0.4 is 4.90 Å². The van der Waals surface area contributed by atoms with E-state index in [0.717, 1.165) is 22.7 Å². The van der Waals surface area contributed by atoms with Crippen molar-refractivity contribution < 1.29 is 0 Å². The number of anilines is 3. The van der Waals surface area contributed by atoms with Crippen molar-refractivity contribution in [2.75, 3.05) is 4.90 Å². The molecule has 2 heteroatoms. The summed E-state index contributed by atoms with van der Waals surface area (Å²) in [5, 5.41) is 2.44. The first-order chi connectivity index (χ1) is 24.8. The lowest BCUT2D eigenvalue weighted by Gasteiger charge is -2.29. The van der Waals surface area contributed by atoms with Crippen molar-refractivity contribution in [2.45, 2.75) is 0 Å². The maximum absolute atomic E-state index is 2.44. The van der Waals surface area contributed by atoms with Gasteiger partial charge in [0.2, 0.25) is 0 Å². The number of rotatable bonds is 7. The second-order valence-corrected chi connectivity index (χ2v) is 12.5. The summed E-state index contributed by atoms with van der Waals surface area (Å²) in [5.74, 6) is 0. The Morgan fingerprint density at radius 3 is 1.48 bits per heavy atom. The molecule has 2 nitrogen and oxygen atoms in total. The molecule has 0 spiro atoms. The van der Waals surface area contributed by atoms with Crippen LogP contribution in [0.3, 0.4) is 0 Å². The first kappa shape index (κ1) is 29.5. The molecule has 50 heavy (non-hydrogen) atoms. The van der Waals surface area contributed by atoms with E-state index in [1.165, 1.54) is 55.2 Å². The Hall–Kier alpha value is -6.64. The third-order valence-corrected chi connectivity index (χ3v) is 9.61. The molecular formula is C48H34N2. The van der Waals surface area contributed by atoms with Crippen molar-refractivity contribution in [3.63, 3.8) is 0 Å². The van der Waals surface area contributed by atoms with Gasteiger partial charge in [-0.1, -0.05) is 158 Å². The Kier molecular flexibility index (Phi) is 7.53. The molecule has 0 aliphatic heterocycles. The number of aromatic nitrogens is 1. The van der Waals surface area contributed by atoms with Gasteiger partial charge in [-0.05, 0) is 76.3 Å². The zero-order valence-corrected chi connectivity index (χ0v) is 27.5. The Morgan fingerprint density at radius 1 is 0.320 bits per heavy atom. The summed E-state index contributed by atoms with van der Waals surface area (Å²) in [5.41, 5.74) is 14.1. The van der Waals surface area contributed by atoms with Crippen LogP contribution in [0.1, 0.15) is 0 Å².